The summed E-state index contributed by atoms with van der Waals surface area (Å²) in [7, 11) is 1.61. The van der Waals surface area contributed by atoms with Crippen LogP contribution in [0.5, 0.6) is 11.5 Å². The summed E-state index contributed by atoms with van der Waals surface area (Å²) in [4.78, 5) is 27.9. The highest BCUT2D eigenvalue weighted by Gasteiger charge is 2.29. The molecule has 0 radical (unpaired) electrons. The van der Waals surface area contributed by atoms with Crippen LogP contribution in [-0.4, -0.2) is 42.5 Å². The zero-order valence-corrected chi connectivity index (χ0v) is 20.1. The molecule has 0 bridgehead atoms. The van der Waals surface area contributed by atoms with Crippen LogP contribution in [0.15, 0.2) is 42.5 Å². The molecule has 0 spiro atoms. The Morgan fingerprint density at radius 3 is 2.31 bits per heavy atom. The molecule has 6 nitrogen and oxygen atoms in total. The Morgan fingerprint density at radius 2 is 1.72 bits per heavy atom. The smallest absolute Gasteiger partial charge is 0.261 e. The predicted molar refractivity (Wildman–Crippen MR) is 127 cm³/mol. The molecule has 2 amide bonds. The molecule has 2 aromatic carbocycles. The Labute approximate surface area is 191 Å². The number of rotatable bonds is 11. The summed E-state index contributed by atoms with van der Waals surface area (Å²) in [6.45, 7) is 10.1. The van der Waals surface area contributed by atoms with Crippen molar-refractivity contribution in [2.75, 3.05) is 13.7 Å². The number of carbonyl (C=O) groups excluding carboxylic acids is 2. The summed E-state index contributed by atoms with van der Waals surface area (Å²) < 4.78 is 11.1. The van der Waals surface area contributed by atoms with Crippen molar-refractivity contribution in [2.24, 2.45) is 0 Å². The van der Waals surface area contributed by atoms with Crippen molar-refractivity contribution < 1.29 is 19.1 Å². The standard InChI is InChI=1S/C26H36N2O4/c1-7-19(4)27-26(30)23(8-2)28(16-21-12-14-22(31-6)15-13-21)25(29)17-32-24-11-9-10-18(3)20(24)5/h9-15,19,23H,7-8,16-17H2,1-6H3,(H,27,30)/t19-,23+/m0/s1. The Kier molecular flexibility index (Phi) is 9.57. The van der Waals surface area contributed by atoms with E-state index < -0.39 is 6.04 Å². The first-order valence-electron chi connectivity index (χ1n) is 11.2. The van der Waals surface area contributed by atoms with Gasteiger partial charge in [0.1, 0.15) is 17.5 Å². The van der Waals surface area contributed by atoms with Crippen molar-refractivity contribution in [1.29, 1.82) is 0 Å². The van der Waals surface area contributed by atoms with Crippen LogP contribution in [0.25, 0.3) is 0 Å². The van der Waals surface area contributed by atoms with E-state index in [2.05, 4.69) is 5.32 Å². The second kappa shape index (κ2) is 12.1. The van der Waals surface area contributed by atoms with Gasteiger partial charge in [0, 0.05) is 12.6 Å². The molecule has 174 valence electrons. The minimum atomic E-state index is -0.583. The predicted octanol–water partition coefficient (Wildman–Crippen LogP) is 4.41. The quantitative estimate of drug-likeness (QED) is 0.562. The van der Waals surface area contributed by atoms with Crippen molar-refractivity contribution in [3.05, 3.63) is 59.2 Å². The average molecular weight is 441 g/mol. The molecular formula is C26H36N2O4. The summed E-state index contributed by atoms with van der Waals surface area (Å²) in [6.07, 6.45) is 1.33. The van der Waals surface area contributed by atoms with Gasteiger partial charge in [-0.05, 0) is 68.5 Å². The molecule has 6 heteroatoms. The number of benzene rings is 2. The van der Waals surface area contributed by atoms with Crippen LogP contribution in [0.4, 0.5) is 0 Å². The lowest BCUT2D eigenvalue weighted by Gasteiger charge is -2.31. The number of hydrogen-bond acceptors (Lipinski definition) is 4. The topological polar surface area (TPSA) is 67.9 Å². The number of hydrogen-bond donors (Lipinski definition) is 1. The van der Waals surface area contributed by atoms with Gasteiger partial charge in [0.15, 0.2) is 6.61 Å². The monoisotopic (exact) mass is 440 g/mol. The molecule has 0 heterocycles. The molecule has 0 aliphatic rings. The molecule has 0 fully saturated rings. The first-order chi connectivity index (χ1) is 15.3. The summed E-state index contributed by atoms with van der Waals surface area (Å²) in [5.41, 5.74) is 3.02. The molecule has 0 unspecified atom stereocenters. The Balaban J connectivity index is 2.24. The van der Waals surface area contributed by atoms with Crippen LogP contribution in [0.3, 0.4) is 0 Å². The summed E-state index contributed by atoms with van der Waals surface area (Å²) in [6, 6.07) is 12.7. The van der Waals surface area contributed by atoms with E-state index in [1.165, 1.54) is 0 Å². The molecule has 32 heavy (non-hydrogen) atoms. The van der Waals surface area contributed by atoms with Crippen LogP contribution < -0.4 is 14.8 Å². The maximum atomic E-state index is 13.3. The van der Waals surface area contributed by atoms with E-state index in [0.29, 0.717) is 18.7 Å². The second-order valence-corrected chi connectivity index (χ2v) is 8.10. The van der Waals surface area contributed by atoms with Gasteiger partial charge in [0.2, 0.25) is 5.91 Å². The molecule has 1 N–H and O–H groups in total. The molecule has 0 aromatic heterocycles. The highest BCUT2D eigenvalue weighted by Crippen LogP contribution is 2.21. The van der Waals surface area contributed by atoms with Crippen molar-refractivity contribution in [3.8, 4) is 11.5 Å². The Morgan fingerprint density at radius 1 is 1.03 bits per heavy atom. The molecule has 0 saturated heterocycles. The van der Waals surface area contributed by atoms with Gasteiger partial charge in [-0.2, -0.15) is 0 Å². The number of nitrogens with zero attached hydrogens (tertiary/aromatic N) is 1. The first-order valence-corrected chi connectivity index (χ1v) is 11.2. The maximum Gasteiger partial charge on any atom is 0.261 e. The molecule has 0 aliphatic carbocycles. The zero-order valence-electron chi connectivity index (χ0n) is 20.1. The zero-order chi connectivity index (χ0) is 23.7. The van der Waals surface area contributed by atoms with Crippen LogP contribution in [0.2, 0.25) is 0 Å². The molecule has 0 saturated carbocycles. The van der Waals surface area contributed by atoms with Crippen LogP contribution in [-0.2, 0) is 16.1 Å². The summed E-state index contributed by atoms with van der Waals surface area (Å²) in [5, 5.41) is 3.02. The first kappa shape index (κ1) is 25.2. The van der Waals surface area contributed by atoms with E-state index in [1.54, 1.807) is 12.0 Å². The van der Waals surface area contributed by atoms with Gasteiger partial charge in [-0.1, -0.05) is 38.1 Å². The average Bonchev–Trinajstić information content (AvgIpc) is 2.79. The van der Waals surface area contributed by atoms with Crippen molar-refractivity contribution in [3.63, 3.8) is 0 Å². The van der Waals surface area contributed by atoms with Gasteiger partial charge in [-0.25, -0.2) is 0 Å². The van der Waals surface area contributed by atoms with Crippen LogP contribution >= 0.6 is 0 Å². The van der Waals surface area contributed by atoms with E-state index in [1.807, 2.05) is 77.1 Å². The molecule has 2 aromatic rings. The van der Waals surface area contributed by atoms with Gasteiger partial charge in [0.25, 0.3) is 5.91 Å². The van der Waals surface area contributed by atoms with Gasteiger partial charge in [-0.3, -0.25) is 9.59 Å². The highest BCUT2D eigenvalue weighted by atomic mass is 16.5. The fourth-order valence-electron chi connectivity index (χ4n) is 3.39. The summed E-state index contributed by atoms with van der Waals surface area (Å²) in [5.74, 6) is 1.05. The SMILES string of the molecule is CC[C@H](C(=O)N[C@@H](C)CC)N(Cc1ccc(OC)cc1)C(=O)COc1cccc(C)c1C. The molecule has 2 rings (SSSR count). The summed E-state index contributed by atoms with van der Waals surface area (Å²) >= 11 is 0. The normalized spacial score (nSPS) is 12.6. The molecule has 0 aliphatic heterocycles. The number of carbonyl (C=O) groups is 2. The fraction of sp³-hybridized carbons (Fsp3) is 0.462. The number of amides is 2. The lowest BCUT2D eigenvalue weighted by molar-refractivity contribution is -0.143. The lowest BCUT2D eigenvalue weighted by Crippen LogP contribution is -2.51. The molecule has 2 atom stereocenters. The molecular weight excluding hydrogens is 404 g/mol. The second-order valence-electron chi connectivity index (χ2n) is 8.10. The van der Waals surface area contributed by atoms with E-state index in [4.69, 9.17) is 9.47 Å². The minimum Gasteiger partial charge on any atom is -0.497 e. The van der Waals surface area contributed by atoms with Gasteiger partial charge in [-0.15, -0.1) is 0 Å². The lowest BCUT2D eigenvalue weighted by atomic mass is 10.1. The number of methoxy groups -OCH3 is 1. The third-order valence-electron chi connectivity index (χ3n) is 5.80. The van der Waals surface area contributed by atoms with Gasteiger partial charge >= 0.3 is 0 Å². The Bertz CT molecular complexity index is 895. The largest absolute Gasteiger partial charge is 0.497 e. The van der Waals surface area contributed by atoms with Crippen LogP contribution in [0.1, 0.15) is 50.3 Å². The fourth-order valence-corrected chi connectivity index (χ4v) is 3.39. The number of ether oxygens (including phenoxy) is 2. The van der Waals surface area contributed by atoms with E-state index >= 15 is 0 Å². The highest BCUT2D eigenvalue weighted by molar-refractivity contribution is 5.88. The number of aryl methyl sites for hydroxylation is 1. The maximum absolute atomic E-state index is 13.3. The Hall–Kier alpha value is -3.02. The van der Waals surface area contributed by atoms with Crippen LogP contribution in [0, 0.1) is 13.8 Å². The minimum absolute atomic E-state index is 0.0423. The van der Waals surface area contributed by atoms with Gasteiger partial charge < -0.3 is 19.7 Å². The third kappa shape index (κ3) is 6.74. The van der Waals surface area contributed by atoms with E-state index in [-0.39, 0.29) is 24.5 Å². The van der Waals surface area contributed by atoms with Crippen molar-refractivity contribution in [2.45, 2.75) is 66.1 Å². The van der Waals surface area contributed by atoms with Gasteiger partial charge in [0.05, 0.1) is 7.11 Å². The van der Waals surface area contributed by atoms with Crippen molar-refractivity contribution >= 4 is 11.8 Å². The van der Waals surface area contributed by atoms with Crippen molar-refractivity contribution in [1.82, 2.24) is 10.2 Å². The van der Waals surface area contributed by atoms with E-state index in [9.17, 15) is 9.59 Å². The third-order valence-corrected chi connectivity index (χ3v) is 5.80. The number of nitrogens with one attached hydrogen (secondary N) is 1. The van der Waals surface area contributed by atoms with E-state index in [0.717, 1.165) is 28.9 Å².